The topological polar surface area (TPSA) is 54.0 Å². The van der Waals surface area contributed by atoms with Crippen LogP contribution in [0.15, 0.2) is 30.3 Å². The van der Waals surface area contributed by atoms with Crippen molar-refractivity contribution in [1.29, 1.82) is 0 Å². The number of hydrogen-bond acceptors (Lipinski definition) is 5. The average molecular weight is 306 g/mol. The summed E-state index contributed by atoms with van der Waals surface area (Å²) in [5, 5.41) is 0. The molecule has 0 bridgehead atoms. The molecule has 5 heteroatoms. The Labute approximate surface area is 130 Å². The molecule has 22 heavy (non-hydrogen) atoms. The molecule has 1 aromatic carbocycles. The zero-order chi connectivity index (χ0) is 15.4. The Morgan fingerprint density at radius 2 is 1.77 bits per heavy atom. The number of fused-ring (bicyclic) bond motifs is 1. The fourth-order valence-corrected chi connectivity index (χ4v) is 2.81. The maximum Gasteiger partial charge on any atom is 0.125 e. The van der Waals surface area contributed by atoms with Gasteiger partial charge in [-0.1, -0.05) is 37.3 Å². The van der Waals surface area contributed by atoms with E-state index >= 15 is 0 Å². The number of rotatable bonds is 7. The molecule has 5 atom stereocenters. The Kier molecular flexibility index (Phi) is 5.20. The quantitative estimate of drug-likeness (QED) is 0.716. The van der Waals surface area contributed by atoms with Crippen LogP contribution in [0.25, 0.3) is 0 Å². The summed E-state index contributed by atoms with van der Waals surface area (Å²) < 4.78 is 23.3. The summed E-state index contributed by atoms with van der Waals surface area (Å²) in [6.07, 6.45) is 0.536. The molecule has 0 radical (unpaired) electrons. The normalized spacial score (nSPS) is 31.9. The number of hydrogen-bond donors (Lipinski definition) is 0. The van der Waals surface area contributed by atoms with E-state index in [-0.39, 0.29) is 30.3 Å². The molecule has 0 aliphatic carbocycles. The Morgan fingerprint density at radius 1 is 1.14 bits per heavy atom. The van der Waals surface area contributed by atoms with Crippen LogP contribution in [-0.2, 0) is 30.3 Å². The molecular formula is C17H22O5. The fourth-order valence-electron chi connectivity index (χ4n) is 2.81. The second-order valence-electron chi connectivity index (χ2n) is 5.92. The Hall–Kier alpha value is -1.27. The number of aldehydes is 1. The van der Waals surface area contributed by atoms with Crippen LogP contribution in [0.1, 0.15) is 12.5 Å². The molecule has 0 spiro atoms. The zero-order valence-electron chi connectivity index (χ0n) is 12.7. The number of benzene rings is 1. The van der Waals surface area contributed by atoms with Gasteiger partial charge in [0.1, 0.15) is 30.7 Å². The van der Waals surface area contributed by atoms with E-state index in [0.717, 1.165) is 11.8 Å². The first-order chi connectivity index (χ1) is 10.8. The van der Waals surface area contributed by atoms with Crippen LogP contribution in [0.3, 0.4) is 0 Å². The zero-order valence-corrected chi connectivity index (χ0v) is 12.7. The lowest BCUT2D eigenvalue weighted by Crippen LogP contribution is -2.34. The lowest BCUT2D eigenvalue weighted by atomic mass is 10.1. The van der Waals surface area contributed by atoms with E-state index in [9.17, 15) is 4.79 Å². The third-order valence-electron chi connectivity index (χ3n) is 4.07. The van der Waals surface area contributed by atoms with Crippen molar-refractivity contribution < 1.29 is 23.7 Å². The largest absolute Gasteiger partial charge is 0.372 e. The maximum atomic E-state index is 10.6. The molecule has 0 amide bonds. The Bertz CT molecular complexity index is 477. The lowest BCUT2D eigenvalue weighted by Gasteiger charge is -2.18. The lowest BCUT2D eigenvalue weighted by molar-refractivity contribution is -0.114. The molecule has 2 saturated heterocycles. The van der Waals surface area contributed by atoms with E-state index in [2.05, 4.69) is 0 Å². The second-order valence-corrected chi connectivity index (χ2v) is 5.92. The highest BCUT2D eigenvalue weighted by molar-refractivity contribution is 5.52. The van der Waals surface area contributed by atoms with Crippen molar-refractivity contribution in [2.75, 3.05) is 19.8 Å². The van der Waals surface area contributed by atoms with E-state index in [4.69, 9.17) is 18.9 Å². The van der Waals surface area contributed by atoms with Crippen LogP contribution >= 0.6 is 0 Å². The molecule has 0 N–H and O–H groups in total. The van der Waals surface area contributed by atoms with E-state index in [1.165, 1.54) is 0 Å². The summed E-state index contributed by atoms with van der Waals surface area (Å²) in [4.78, 5) is 10.6. The second kappa shape index (κ2) is 7.33. The van der Waals surface area contributed by atoms with Crippen molar-refractivity contribution in [2.24, 2.45) is 5.92 Å². The third-order valence-corrected chi connectivity index (χ3v) is 4.07. The number of ether oxygens (including phenoxy) is 4. The highest BCUT2D eigenvalue weighted by Gasteiger charge is 2.48. The maximum absolute atomic E-state index is 10.6. The van der Waals surface area contributed by atoms with Gasteiger partial charge in [-0.15, -0.1) is 0 Å². The van der Waals surface area contributed by atoms with Crippen LogP contribution in [0.2, 0.25) is 0 Å². The van der Waals surface area contributed by atoms with Crippen molar-refractivity contribution in [3.63, 3.8) is 0 Å². The highest BCUT2D eigenvalue weighted by Crippen LogP contribution is 2.31. The number of carbonyl (C=O) groups is 1. The van der Waals surface area contributed by atoms with E-state index in [0.29, 0.717) is 26.4 Å². The van der Waals surface area contributed by atoms with Gasteiger partial charge in [-0.25, -0.2) is 0 Å². The van der Waals surface area contributed by atoms with Crippen molar-refractivity contribution in [3.8, 4) is 0 Å². The smallest absolute Gasteiger partial charge is 0.125 e. The summed E-state index contributed by atoms with van der Waals surface area (Å²) in [5.41, 5.74) is 1.14. The first kappa shape index (κ1) is 15.6. The van der Waals surface area contributed by atoms with Crippen molar-refractivity contribution in [2.45, 2.75) is 37.9 Å². The predicted molar refractivity (Wildman–Crippen MR) is 79.5 cm³/mol. The van der Waals surface area contributed by atoms with E-state index in [1.54, 1.807) is 0 Å². The summed E-state index contributed by atoms with van der Waals surface area (Å²) in [6.45, 7) is 3.80. The summed E-state index contributed by atoms with van der Waals surface area (Å²) >= 11 is 0. The van der Waals surface area contributed by atoms with Crippen LogP contribution in [0.4, 0.5) is 0 Å². The van der Waals surface area contributed by atoms with Crippen LogP contribution in [0, 0.1) is 5.92 Å². The fraction of sp³-hybridized carbons (Fsp3) is 0.588. The minimum Gasteiger partial charge on any atom is -0.372 e. The Balaban J connectivity index is 1.48. The van der Waals surface area contributed by atoms with Crippen molar-refractivity contribution >= 4 is 6.29 Å². The van der Waals surface area contributed by atoms with Gasteiger partial charge in [-0.05, 0) is 5.56 Å². The van der Waals surface area contributed by atoms with Crippen molar-refractivity contribution in [3.05, 3.63) is 35.9 Å². The summed E-state index contributed by atoms with van der Waals surface area (Å²) in [7, 11) is 0. The average Bonchev–Trinajstić information content (AvgIpc) is 3.14. The van der Waals surface area contributed by atoms with Crippen LogP contribution in [-0.4, -0.2) is 50.5 Å². The molecule has 2 aliphatic heterocycles. The standard InChI is InChI=1S/C17H22O5/c1-12(7-18)8-19-14-10-21-17-15(11-22-16(14)17)20-9-13-5-3-2-4-6-13/h2-7,12,14-17H,8-11H2,1H3/t12?,14-,15-,16-,17-/m1/s1. The van der Waals surface area contributed by atoms with E-state index < -0.39 is 0 Å². The van der Waals surface area contributed by atoms with Gasteiger partial charge in [0.2, 0.25) is 0 Å². The monoisotopic (exact) mass is 306 g/mol. The molecule has 1 aromatic rings. The summed E-state index contributed by atoms with van der Waals surface area (Å²) in [5.74, 6) is -0.106. The van der Waals surface area contributed by atoms with E-state index in [1.807, 2.05) is 37.3 Å². The molecule has 120 valence electrons. The predicted octanol–water partition coefficient (Wildman–Crippen LogP) is 1.59. The highest BCUT2D eigenvalue weighted by atomic mass is 16.6. The van der Waals surface area contributed by atoms with Crippen LogP contribution in [0.5, 0.6) is 0 Å². The van der Waals surface area contributed by atoms with Gasteiger partial charge >= 0.3 is 0 Å². The first-order valence-electron chi connectivity index (χ1n) is 7.73. The summed E-state index contributed by atoms with van der Waals surface area (Å²) in [6, 6.07) is 10.1. The van der Waals surface area contributed by atoms with Crippen LogP contribution < -0.4 is 0 Å². The molecule has 0 saturated carbocycles. The molecule has 1 unspecified atom stereocenters. The van der Waals surface area contributed by atoms with Gasteiger partial charge in [0.25, 0.3) is 0 Å². The minimum absolute atomic E-state index is 0.0673. The Morgan fingerprint density at radius 3 is 2.41 bits per heavy atom. The van der Waals surface area contributed by atoms with Gasteiger partial charge in [0, 0.05) is 5.92 Å². The molecule has 5 nitrogen and oxygen atoms in total. The molecule has 0 aromatic heterocycles. The van der Waals surface area contributed by atoms with Gasteiger partial charge in [0.15, 0.2) is 0 Å². The SMILES string of the molecule is CC(C=O)CO[C@@H]1CO[C@H]2[C@@H]1OC[C@H]2OCc1ccccc1. The minimum atomic E-state index is -0.113. The van der Waals surface area contributed by atoms with Gasteiger partial charge in [-0.3, -0.25) is 0 Å². The van der Waals surface area contributed by atoms with Crippen molar-refractivity contribution in [1.82, 2.24) is 0 Å². The molecule has 3 rings (SSSR count). The molecule has 2 heterocycles. The third kappa shape index (κ3) is 3.55. The molecular weight excluding hydrogens is 284 g/mol. The number of carbonyl (C=O) groups excluding carboxylic acids is 1. The van der Waals surface area contributed by atoms with Gasteiger partial charge in [0.05, 0.1) is 26.4 Å². The van der Waals surface area contributed by atoms with Gasteiger partial charge in [-0.2, -0.15) is 0 Å². The molecule has 2 fully saturated rings. The van der Waals surface area contributed by atoms with Gasteiger partial charge < -0.3 is 23.7 Å². The first-order valence-corrected chi connectivity index (χ1v) is 7.73. The molecule has 2 aliphatic rings.